The number of nitrogen functional groups attached to an aromatic ring is 1. The number of carbonyl (C=O) groups is 2. The summed E-state index contributed by atoms with van der Waals surface area (Å²) in [7, 11) is 0. The van der Waals surface area contributed by atoms with E-state index in [-0.39, 0.29) is 17.4 Å². The second kappa shape index (κ2) is 8.03. The van der Waals surface area contributed by atoms with E-state index in [1.54, 1.807) is 36.4 Å². The number of carbonyl (C=O) groups excluding carboxylic acids is 2. The van der Waals surface area contributed by atoms with Crippen LogP contribution in [0.2, 0.25) is 5.02 Å². The lowest BCUT2D eigenvalue weighted by Gasteiger charge is -2.11. The lowest BCUT2D eigenvalue weighted by molar-refractivity contribution is -0.113. The maximum atomic E-state index is 12.7. The third kappa shape index (κ3) is 4.22. The molecule has 0 radical (unpaired) electrons. The van der Waals surface area contributed by atoms with Crippen molar-refractivity contribution in [1.82, 2.24) is 14.9 Å². The monoisotopic (exact) mass is 387 g/mol. The van der Waals surface area contributed by atoms with E-state index >= 15 is 0 Å². The fraction of sp³-hybridized carbons (Fsp3) is 0.0588. The predicted molar refractivity (Wildman–Crippen MR) is 101 cm³/mol. The highest BCUT2D eigenvalue weighted by molar-refractivity contribution is 7.99. The minimum absolute atomic E-state index is 0.0670. The van der Waals surface area contributed by atoms with Crippen LogP contribution < -0.4 is 11.2 Å². The summed E-state index contributed by atoms with van der Waals surface area (Å²) in [5, 5.41) is 11.0. The first-order chi connectivity index (χ1) is 12.5. The molecule has 3 rings (SSSR count). The van der Waals surface area contributed by atoms with E-state index in [0.717, 1.165) is 11.8 Å². The lowest BCUT2D eigenvalue weighted by Crippen LogP contribution is -2.18. The van der Waals surface area contributed by atoms with Gasteiger partial charge in [-0.05, 0) is 18.2 Å². The molecule has 3 N–H and O–H groups in total. The average Bonchev–Trinajstić information content (AvgIpc) is 3.06. The van der Waals surface area contributed by atoms with Crippen molar-refractivity contribution in [2.75, 3.05) is 16.9 Å². The molecule has 1 amide bonds. The summed E-state index contributed by atoms with van der Waals surface area (Å²) >= 11 is 7.17. The van der Waals surface area contributed by atoms with Gasteiger partial charge in [0.1, 0.15) is 6.33 Å². The van der Waals surface area contributed by atoms with Crippen LogP contribution in [0.5, 0.6) is 0 Å². The van der Waals surface area contributed by atoms with Gasteiger partial charge >= 0.3 is 0 Å². The van der Waals surface area contributed by atoms with Crippen LogP contribution in [0.15, 0.2) is 60.0 Å². The summed E-state index contributed by atoms with van der Waals surface area (Å²) in [6.45, 7) is 0. The van der Waals surface area contributed by atoms with E-state index in [9.17, 15) is 9.59 Å². The van der Waals surface area contributed by atoms with Gasteiger partial charge in [0.15, 0.2) is 5.78 Å². The fourth-order valence-corrected chi connectivity index (χ4v) is 3.02. The molecule has 0 aliphatic rings. The maximum Gasteiger partial charge on any atom is 0.234 e. The number of hydrogen-bond donors (Lipinski definition) is 2. The van der Waals surface area contributed by atoms with Crippen LogP contribution in [0, 0.1) is 0 Å². The molecule has 26 heavy (non-hydrogen) atoms. The molecule has 1 heterocycles. The number of thioether (sulfide) groups is 1. The number of halogens is 1. The lowest BCUT2D eigenvalue weighted by atomic mass is 10.0. The van der Waals surface area contributed by atoms with E-state index in [1.807, 2.05) is 6.07 Å². The molecule has 0 spiro atoms. The van der Waals surface area contributed by atoms with E-state index in [4.69, 9.17) is 17.4 Å². The van der Waals surface area contributed by atoms with Gasteiger partial charge in [-0.15, -0.1) is 10.2 Å². The van der Waals surface area contributed by atoms with Gasteiger partial charge in [-0.3, -0.25) is 9.59 Å². The molecule has 7 nitrogen and oxygen atoms in total. The van der Waals surface area contributed by atoms with Crippen molar-refractivity contribution in [1.29, 1.82) is 0 Å². The number of anilines is 1. The minimum Gasteiger partial charge on any atom is -0.336 e. The van der Waals surface area contributed by atoms with Gasteiger partial charge in [0.25, 0.3) is 0 Å². The molecule has 9 heteroatoms. The Kier molecular flexibility index (Phi) is 5.55. The Morgan fingerprint density at radius 3 is 2.65 bits per heavy atom. The highest BCUT2D eigenvalue weighted by Crippen LogP contribution is 2.24. The zero-order chi connectivity index (χ0) is 18.5. The van der Waals surface area contributed by atoms with Gasteiger partial charge in [-0.1, -0.05) is 53.7 Å². The van der Waals surface area contributed by atoms with Crippen LogP contribution in [0.3, 0.4) is 0 Å². The van der Waals surface area contributed by atoms with Crippen molar-refractivity contribution in [3.8, 4) is 0 Å². The third-order valence-electron chi connectivity index (χ3n) is 3.41. The number of nitrogens with one attached hydrogen (secondary N) is 1. The molecule has 0 bridgehead atoms. The Morgan fingerprint density at radius 1 is 1.19 bits per heavy atom. The van der Waals surface area contributed by atoms with Crippen molar-refractivity contribution in [3.05, 3.63) is 71.0 Å². The standard InChI is InChI=1S/C17H14ClN5O2S/c18-12-6-7-14(13(8-12)16(25)11-4-2-1-3-5-11)21-15(24)9-26-17-22-20-10-23(17)19/h1-8,10H,9,19H2,(H,21,24). The highest BCUT2D eigenvalue weighted by atomic mass is 35.5. The molecule has 0 unspecified atom stereocenters. The summed E-state index contributed by atoms with van der Waals surface area (Å²) in [4.78, 5) is 25.0. The number of aromatic nitrogens is 3. The molecule has 0 atom stereocenters. The molecular formula is C17H14ClN5O2S. The Labute approximate surface area is 158 Å². The van der Waals surface area contributed by atoms with Crippen molar-refractivity contribution in [2.24, 2.45) is 0 Å². The van der Waals surface area contributed by atoms with Gasteiger partial charge in [0, 0.05) is 16.1 Å². The molecule has 0 saturated carbocycles. The van der Waals surface area contributed by atoms with Gasteiger partial charge in [0.2, 0.25) is 11.1 Å². The third-order valence-corrected chi connectivity index (χ3v) is 4.60. The zero-order valence-electron chi connectivity index (χ0n) is 13.4. The molecule has 0 saturated heterocycles. The van der Waals surface area contributed by atoms with Crippen molar-refractivity contribution in [2.45, 2.75) is 5.16 Å². The van der Waals surface area contributed by atoms with Gasteiger partial charge in [-0.25, -0.2) is 4.68 Å². The Balaban J connectivity index is 1.76. The predicted octanol–water partition coefficient (Wildman–Crippen LogP) is 2.61. The fourth-order valence-electron chi connectivity index (χ4n) is 2.21. The van der Waals surface area contributed by atoms with E-state index < -0.39 is 0 Å². The highest BCUT2D eigenvalue weighted by Gasteiger charge is 2.16. The molecule has 1 aromatic heterocycles. The summed E-state index contributed by atoms with van der Waals surface area (Å²) in [5.41, 5.74) is 1.22. The van der Waals surface area contributed by atoms with Crippen LogP contribution >= 0.6 is 23.4 Å². The Hall–Kier alpha value is -2.84. The summed E-state index contributed by atoms with van der Waals surface area (Å²) < 4.78 is 1.23. The normalized spacial score (nSPS) is 10.5. The first kappa shape index (κ1) is 18.0. The smallest absolute Gasteiger partial charge is 0.234 e. The zero-order valence-corrected chi connectivity index (χ0v) is 15.0. The van der Waals surface area contributed by atoms with Crippen LogP contribution in [0.4, 0.5) is 5.69 Å². The number of rotatable bonds is 6. The van der Waals surface area contributed by atoms with Crippen LogP contribution in [-0.4, -0.2) is 32.3 Å². The molecule has 0 aliphatic heterocycles. The second-order valence-electron chi connectivity index (χ2n) is 5.24. The van der Waals surface area contributed by atoms with Crippen LogP contribution in [-0.2, 0) is 4.79 Å². The van der Waals surface area contributed by atoms with Crippen LogP contribution in [0.1, 0.15) is 15.9 Å². The molecule has 3 aromatic rings. The van der Waals surface area contributed by atoms with Crippen molar-refractivity contribution >= 4 is 40.7 Å². The Morgan fingerprint density at radius 2 is 1.96 bits per heavy atom. The number of nitrogens with zero attached hydrogens (tertiary/aromatic N) is 3. The van der Waals surface area contributed by atoms with Crippen LogP contribution in [0.25, 0.3) is 0 Å². The first-order valence-electron chi connectivity index (χ1n) is 7.51. The first-order valence-corrected chi connectivity index (χ1v) is 8.88. The van der Waals surface area contributed by atoms with E-state index in [1.165, 1.54) is 17.1 Å². The van der Waals surface area contributed by atoms with E-state index in [2.05, 4.69) is 15.5 Å². The van der Waals surface area contributed by atoms with E-state index in [0.29, 0.717) is 27.0 Å². The average molecular weight is 388 g/mol. The maximum absolute atomic E-state index is 12.7. The van der Waals surface area contributed by atoms with Gasteiger partial charge in [0.05, 0.1) is 11.4 Å². The van der Waals surface area contributed by atoms with Crippen molar-refractivity contribution < 1.29 is 9.59 Å². The number of nitrogens with two attached hydrogens (primary N) is 1. The number of benzene rings is 2. The molecular weight excluding hydrogens is 374 g/mol. The minimum atomic E-state index is -0.303. The van der Waals surface area contributed by atoms with Gasteiger partial charge in [-0.2, -0.15) is 0 Å². The largest absolute Gasteiger partial charge is 0.336 e. The quantitative estimate of drug-likeness (QED) is 0.383. The molecule has 0 fully saturated rings. The number of hydrogen-bond acceptors (Lipinski definition) is 6. The topological polar surface area (TPSA) is 103 Å². The summed E-state index contributed by atoms with van der Waals surface area (Å²) in [6.07, 6.45) is 1.34. The Bertz CT molecular complexity index is 945. The SMILES string of the molecule is Nn1cnnc1SCC(=O)Nc1ccc(Cl)cc1C(=O)c1ccccc1. The number of amides is 1. The summed E-state index contributed by atoms with van der Waals surface area (Å²) in [5.74, 6) is 5.14. The molecule has 0 aliphatic carbocycles. The van der Waals surface area contributed by atoms with Gasteiger partial charge < -0.3 is 11.2 Å². The summed E-state index contributed by atoms with van der Waals surface area (Å²) in [6, 6.07) is 13.5. The number of ketones is 1. The molecule has 132 valence electrons. The second-order valence-corrected chi connectivity index (χ2v) is 6.62. The molecule has 2 aromatic carbocycles. The van der Waals surface area contributed by atoms with Crippen molar-refractivity contribution in [3.63, 3.8) is 0 Å².